The summed E-state index contributed by atoms with van der Waals surface area (Å²) in [6.45, 7) is 10.0. The van der Waals surface area contributed by atoms with Crippen LogP contribution >= 0.6 is 0 Å². The molecule has 0 aliphatic rings. The van der Waals surface area contributed by atoms with Gasteiger partial charge in [-0.05, 0) is 18.8 Å². The fourth-order valence-electron chi connectivity index (χ4n) is 2.39. The molecule has 0 saturated carbocycles. The van der Waals surface area contributed by atoms with Crippen molar-refractivity contribution < 1.29 is 14.3 Å². The zero-order chi connectivity index (χ0) is 20.9. The Morgan fingerprint density at radius 2 is 1.56 bits per heavy atom. The molecule has 2 N–H and O–H groups in total. The number of carbonyl (C=O) groups excluding carboxylic acids is 2. The summed E-state index contributed by atoms with van der Waals surface area (Å²) in [7, 11) is 1.60. The van der Waals surface area contributed by atoms with Crippen LogP contribution in [0.15, 0.2) is 0 Å². The smallest absolute Gasteiger partial charge is 0.325 e. The molecule has 0 aromatic carbocycles. The van der Waals surface area contributed by atoms with Gasteiger partial charge in [-0.25, -0.2) is 0 Å². The van der Waals surface area contributed by atoms with Gasteiger partial charge in [-0.1, -0.05) is 72.6 Å². The van der Waals surface area contributed by atoms with Gasteiger partial charge in [0.25, 0.3) is 0 Å². The molecule has 0 fully saturated rings. The zero-order valence-electron chi connectivity index (χ0n) is 18.3. The van der Waals surface area contributed by atoms with Crippen molar-refractivity contribution in [2.45, 2.75) is 98.5 Å². The first-order valence-electron chi connectivity index (χ1n) is 10.4. The normalized spacial score (nSPS) is 12.4. The van der Waals surface area contributed by atoms with Gasteiger partial charge in [-0.2, -0.15) is 0 Å². The van der Waals surface area contributed by atoms with Crippen LogP contribution in [0.3, 0.4) is 0 Å². The molecule has 158 valence electrons. The number of hydrogen-bond acceptors (Lipinski definition) is 4. The number of nitrogens with zero attached hydrogens (tertiary/aromatic N) is 1. The molecule has 1 amide bonds. The maximum atomic E-state index is 12.0. The minimum absolute atomic E-state index is 0.0582. The Morgan fingerprint density at radius 3 is 2.07 bits per heavy atom. The maximum Gasteiger partial charge on any atom is 0.325 e. The first kappa shape index (κ1) is 25.4. The Morgan fingerprint density at radius 1 is 1.04 bits per heavy atom. The number of rotatable bonds is 12. The van der Waals surface area contributed by atoms with Gasteiger partial charge >= 0.3 is 5.97 Å². The van der Waals surface area contributed by atoms with Crippen molar-refractivity contribution in [2.75, 3.05) is 13.6 Å². The quantitative estimate of drug-likeness (QED) is 0.225. The molecule has 6 heteroatoms. The molecule has 0 spiro atoms. The first-order chi connectivity index (χ1) is 12.6. The van der Waals surface area contributed by atoms with Crippen LogP contribution < -0.4 is 5.32 Å². The van der Waals surface area contributed by atoms with Crippen LogP contribution in [0, 0.1) is 10.8 Å². The topological polar surface area (TPSA) is 82.5 Å². The van der Waals surface area contributed by atoms with Crippen LogP contribution in [-0.2, 0) is 14.3 Å². The van der Waals surface area contributed by atoms with Crippen LogP contribution in [0.5, 0.6) is 0 Å². The van der Waals surface area contributed by atoms with Gasteiger partial charge in [-0.3, -0.25) is 20.3 Å². The van der Waals surface area contributed by atoms with Crippen LogP contribution in [0.2, 0.25) is 0 Å². The lowest BCUT2D eigenvalue weighted by Crippen LogP contribution is -2.44. The van der Waals surface area contributed by atoms with Crippen LogP contribution in [-0.4, -0.2) is 42.4 Å². The lowest BCUT2D eigenvalue weighted by molar-refractivity contribution is -0.153. The molecular weight excluding hydrogens is 342 g/mol. The highest BCUT2D eigenvalue weighted by Crippen LogP contribution is 2.21. The van der Waals surface area contributed by atoms with E-state index in [1.807, 2.05) is 27.7 Å². The van der Waals surface area contributed by atoms with Gasteiger partial charge in [0.15, 0.2) is 5.96 Å². The van der Waals surface area contributed by atoms with Crippen molar-refractivity contribution in [3.8, 4) is 0 Å². The summed E-state index contributed by atoms with van der Waals surface area (Å²) >= 11 is 0. The lowest BCUT2D eigenvalue weighted by Gasteiger charge is -2.28. The SMILES string of the molecule is CCCCCCCCCCC(=O)NC(=N)N(C)CC(=O)OC(C)C(C)(C)C. The third-order valence-electron chi connectivity index (χ3n) is 4.79. The largest absolute Gasteiger partial charge is 0.461 e. The summed E-state index contributed by atoms with van der Waals surface area (Å²) in [6.07, 6.45) is 9.61. The molecule has 0 bridgehead atoms. The third-order valence-corrected chi connectivity index (χ3v) is 4.79. The van der Waals surface area contributed by atoms with E-state index in [0.29, 0.717) is 6.42 Å². The molecule has 27 heavy (non-hydrogen) atoms. The summed E-state index contributed by atoms with van der Waals surface area (Å²) in [5.41, 5.74) is -0.133. The summed E-state index contributed by atoms with van der Waals surface area (Å²) in [5.74, 6) is -0.642. The molecule has 0 aliphatic heterocycles. The Bertz CT molecular complexity index is 458. The molecular formula is C21H41N3O3. The summed E-state index contributed by atoms with van der Waals surface area (Å²) in [4.78, 5) is 25.3. The Kier molecular flexibility index (Phi) is 12.8. The molecule has 0 saturated heterocycles. The fourth-order valence-corrected chi connectivity index (χ4v) is 2.39. The molecule has 0 rings (SSSR count). The summed E-state index contributed by atoms with van der Waals surface area (Å²) < 4.78 is 5.38. The van der Waals surface area contributed by atoms with E-state index >= 15 is 0 Å². The zero-order valence-corrected chi connectivity index (χ0v) is 18.3. The standard InChI is InChI=1S/C21H41N3O3/c1-7-8-9-10-11-12-13-14-15-18(25)23-20(22)24(6)16-19(26)27-17(2)21(3,4)5/h17H,7-16H2,1-6H3,(H2,22,23,25). The highest BCUT2D eigenvalue weighted by Gasteiger charge is 2.24. The number of nitrogens with one attached hydrogen (secondary N) is 2. The fraction of sp³-hybridized carbons (Fsp3) is 0.857. The maximum absolute atomic E-state index is 12.0. The number of unbranched alkanes of at least 4 members (excludes halogenated alkanes) is 7. The summed E-state index contributed by atoms with van der Waals surface area (Å²) in [6, 6.07) is 0. The highest BCUT2D eigenvalue weighted by molar-refractivity contribution is 5.96. The molecule has 6 nitrogen and oxygen atoms in total. The van der Waals surface area contributed by atoms with E-state index in [9.17, 15) is 9.59 Å². The Balaban J connectivity index is 3.94. The van der Waals surface area contributed by atoms with Gasteiger partial charge in [-0.15, -0.1) is 0 Å². The van der Waals surface area contributed by atoms with Gasteiger partial charge in [0.05, 0.1) is 0 Å². The number of hydrogen-bond donors (Lipinski definition) is 2. The average molecular weight is 384 g/mol. The molecule has 0 aliphatic carbocycles. The first-order valence-corrected chi connectivity index (χ1v) is 10.4. The monoisotopic (exact) mass is 383 g/mol. The Hall–Kier alpha value is -1.59. The number of esters is 1. The van der Waals surface area contributed by atoms with E-state index in [4.69, 9.17) is 10.1 Å². The van der Waals surface area contributed by atoms with Gasteiger partial charge < -0.3 is 9.64 Å². The van der Waals surface area contributed by atoms with Crippen molar-refractivity contribution in [3.05, 3.63) is 0 Å². The second-order valence-electron chi connectivity index (χ2n) is 8.48. The molecule has 0 heterocycles. The van der Waals surface area contributed by atoms with Crippen molar-refractivity contribution >= 4 is 17.8 Å². The highest BCUT2D eigenvalue weighted by atomic mass is 16.5. The van der Waals surface area contributed by atoms with Crippen molar-refractivity contribution in [1.82, 2.24) is 10.2 Å². The molecule has 0 radical (unpaired) electrons. The van der Waals surface area contributed by atoms with E-state index in [1.165, 1.54) is 37.0 Å². The van der Waals surface area contributed by atoms with Gasteiger partial charge in [0.2, 0.25) is 5.91 Å². The minimum atomic E-state index is -0.401. The van der Waals surface area contributed by atoms with E-state index in [0.717, 1.165) is 19.3 Å². The predicted molar refractivity (Wildman–Crippen MR) is 111 cm³/mol. The number of ether oxygens (including phenoxy) is 1. The lowest BCUT2D eigenvalue weighted by atomic mass is 9.90. The van der Waals surface area contributed by atoms with E-state index in [1.54, 1.807) is 7.05 Å². The molecule has 0 aromatic heterocycles. The van der Waals surface area contributed by atoms with Gasteiger partial charge in [0, 0.05) is 13.5 Å². The molecule has 1 unspecified atom stereocenters. The average Bonchev–Trinajstić information content (AvgIpc) is 2.56. The number of guanidine groups is 1. The van der Waals surface area contributed by atoms with Crippen LogP contribution in [0.1, 0.15) is 92.4 Å². The van der Waals surface area contributed by atoms with Crippen LogP contribution in [0.25, 0.3) is 0 Å². The van der Waals surface area contributed by atoms with E-state index < -0.39 is 5.97 Å². The summed E-state index contributed by atoms with van der Waals surface area (Å²) in [5, 5.41) is 10.5. The van der Waals surface area contributed by atoms with Gasteiger partial charge in [0.1, 0.15) is 12.6 Å². The van der Waals surface area contributed by atoms with E-state index in [-0.39, 0.29) is 29.9 Å². The molecule has 0 aromatic rings. The third kappa shape index (κ3) is 13.3. The Labute approximate surface area is 165 Å². The van der Waals surface area contributed by atoms with E-state index in [2.05, 4.69) is 12.2 Å². The van der Waals surface area contributed by atoms with Crippen LogP contribution in [0.4, 0.5) is 0 Å². The minimum Gasteiger partial charge on any atom is -0.461 e. The number of carbonyl (C=O) groups is 2. The van der Waals surface area contributed by atoms with Crippen molar-refractivity contribution in [1.29, 1.82) is 5.41 Å². The number of amides is 1. The molecule has 1 atom stereocenters. The number of likely N-dealkylation sites (N-methyl/N-ethyl adjacent to an activating group) is 1. The van der Waals surface area contributed by atoms with Crippen molar-refractivity contribution in [3.63, 3.8) is 0 Å². The second kappa shape index (κ2) is 13.6. The second-order valence-corrected chi connectivity index (χ2v) is 8.48. The van der Waals surface area contributed by atoms with Crippen molar-refractivity contribution in [2.24, 2.45) is 5.41 Å². The predicted octanol–water partition coefficient (Wildman–Crippen LogP) is 4.48.